The maximum atomic E-state index is 12.2. The summed E-state index contributed by atoms with van der Waals surface area (Å²) in [7, 11) is 0. The molecule has 0 amide bonds. The fraction of sp³-hybridized carbons (Fsp3) is 0.625. The van der Waals surface area contributed by atoms with Gasteiger partial charge in [-0.15, -0.1) is 0 Å². The van der Waals surface area contributed by atoms with Gasteiger partial charge in [-0.25, -0.2) is 13.8 Å². The predicted molar refractivity (Wildman–Crippen MR) is 46.8 cm³/mol. The van der Waals surface area contributed by atoms with E-state index in [-0.39, 0.29) is 0 Å². The van der Waals surface area contributed by atoms with Gasteiger partial charge < -0.3 is 5.11 Å². The van der Waals surface area contributed by atoms with Crippen molar-refractivity contribution in [2.45, 2.75) is 33.6 Å². The molecule has 0 aromatic carbocycles. The van der Waals surface area contributed by atoms with Crippen LogP contribution in [0.25, 0.3) is 0 Å². The van der Waals surface area contributed by atoms with E-state index in [0.717, 1.165) is 6.92 Å². The minimum atomic E-state index is -2.98. The lowest BCUT2D eigenvalue weighted by molar-refractivity contribution is 0.0992. The van der Waals surface area contributed by atoms with E-state index in [4.69, 9.17) is 5.11 Å². The Morgan fingerprint density at radius 1 is 1.42 bits per heavy atom. The maximum Gasteiger partial charge on any atom is 0.283 e. The molecule has 0 aromatic rings. The van der Waals surface area contributed by atoms with Gasteiger partial charge in [-0.05, 0) is 13.5 Å². The molecule has 0 atom stereocenters. The van der Waals surface area contributed by atoms with Gasteiger partial charge in [-0.2, -0.15) is 0 Å². The highest BCUT2D eigenvalue weighted by molar-refractivity contribution is 5.88. The largest absolute Gasteiger partial charge is 0.494 e. The summed E-state index contributed by atoms with van der Waals surface area (Å²) in [6, 6.07) is 0. The lowest BCUT2D eigenvalue weighted by atomic mass is 10.2. The molecule has 0 heterocycles. The monoisotopic (exact) mass is 179 g/mol. The highest BCUT2D eigenvalue weighted by atomic mass is 19.3. The van der Waals surface area contributed by atoms with Crippen molar-refractivity contribution in [1.82, 2.24) is 0 Å². The number of aliphatic hydroxyl groups excluding tert-OH is 1. The van der Waals surface area contributed by atoms with Gasteiger partial charge >= 0.3 is 0 Å². The third-order valence-corrected chi connectivity index (χ3v) is 0.932. The summed E-state index contributed by atoms with van der Waals surface area (Å²) in [4.78, 5) is 3.08. The van der Waals surface area contributed by atoms with Gasteiger partial charge in [0.2, 0.25) is 5.88 Å². The first-order valence-electron chi connectivity index (χ1n) is 3.65. The van der Waals surface area contributed by atoms with Crippen LogP contribution in [0.15, 0.2) is 17.5 Å². The van der Waals surface area contributed by atoms with Crippen molar-refractivity contribution in [3.8, 4) is 0 Å². The van der Waals surface area contributed by atoms with Gasteiger partial charge in [-0.1, -0.05) is 13.8 Å². The molecule has 0 aliphatic heterocycles. The van der Waals surface area contributed by atoms with Gasteiger partial charge in [0.15, 0.2) is 0 Å². The van der Waals surface area contributed by atoms with Crippen molar-refractivity contribution in [2.24, 2.45) is 4.99 Å². The maximum absolute atomic E-state index is 12.2. The molecule has 0 aromatic heterocycles. The second-order valence-corrected chi connectivity index (χ2v) is 2.00. The van der Waals surface area contributed by atoms with Crippen LogP contribution in [-0.4, -0.2) is 16.7 Å². The zero-order chi connectivity index (χ0) is 10.4. The van der Waals surface area contributed by atoms with E-state index in [1.54, 1.807) is 0 Å². The molecule has 0 saturated heterocycles. The third kappa shape index (κ3) is 7.18. The van der Waals surface area contributed by atoms with E-state index < -0.39 is 17.5 Å². The molecule has 2 nitrogen and oxygen atoms in total. The lowest BCUT2D eigenvalue weighted by Crippen LogP contribution is -2.21. The molecule has 4 heteroatoms. The molecule has 0 fully saturated rings. The second kappa shape index (κ2) is 5.69. The number of aliphatic hydroxyl groups is 1. The van der Waals surface area contributed by atoms with Crippen molar-refractivity contribution in [2.75, 3.05) is 0 Å². The number of aliphatic imine (C=N–C) groups is 1. The van der Waals surface area contributed by atoms with E-state index in [2.05, 4.69) is 11.6 Å². The Kier molecular flexibility index (Phi) is 6.47. The van der Waals surface area contributed by atoms with Crippen LogP contribution in [0.1, 0.15) is 27.7 Å². The standard InChI is InChI=1S/C6H9F2NO.C2H6/c1-4(6(3,7)8)9-5(2)10;1-2/h10H,2H2,1,3H3;1-2H3/b9-4+;. The van der Waals surface area contributed by atoms with Crippen molar-refractivity contribution in [3.05, 3.63) is 12.5 Å². The molecule has 0 rings (SSSR count). The summed E-state index contributed by atoms with van der Waals surface area (Å²) in [6.07, 6.45) is 0. The molecule has 0 bridgehead atoms. The van der Waals surface area contributed by atoms with E-state index in [1.807, 2.05) is 13.8 Å². The van der Waals surface area contributed by atoms with Crippen LogP contribution in [0, 0.1) is 0 Å². The first-order valence-corrected chi connectivity index (χ1v) is 3.65. The smallest absolute Gasteiger partial charge is 0.283 e. The van der Waals surface area contributed by atoms with Gasteiger partial charge in [-0.3, -0.25) is 0 Å². The molecule has 12 heavy (non-hydrogen) atoms. The number of halogens is 2. The summed E-state index contributed by atoms with van der Waals surface area (Å²) in [5.41, 5.74) is -0.444. The molecule has 1 N–H and O–H groups in total. The zero-order valence-corrected chi connectivity index (χ0v) is 7.86. The Hall–Kier alpha value is -0.930. The van der Waals surface area contributed by atoms with E-state index in [1.165, 1.54) is 0 Å². The molecule has 0 aliphatic carbocycles. The Labute approximate surface area is 71.6 Å². The van der Waals surface area contributed by atoms with Crippen molar-refractivity contribution < 1.29 is 13.9 Å². The van der Waals surface area contributed by atoms with E-state index in [9.17, 15) is 8.78 Å². The molecule has 0 unspecified atom stereocenters. The van der Waals surface area contributed by atoms with Crippen LogP contribution < -0.4 is 0 Å². The SMILES string of the molecule is C=C(O)/N=C(\C)C(C)(F)F.CC. The topological polar surface area (TPSA) is 32.6 Å². The normalized spacial score (nSPS) is 11.7. The van der Waals surface area contributed by atoms with Crippen LogP contribution >= 0.6 is 0 Å². The quantitative estimate of drug-likeness (QED) is 0.512. The molecule has 0 aliphatic rings. The first kappa shape index (κ1) is 13.6. The Morgan fingerprint density at radius 3 is 1.83 bits per heavy atom. The van der Waals surface area contributed by atoms with Crippen LogP contribution in [-0.2, 0) is 0 Å². The van der Waals surface area contributed by atoms with Gasteiger partial charge in [0, 0.05) is 6.92 Å². The fourth-order valence-corrected chi connectivity index (χ4v) is 0.292. The van der Waals surface area contributed by atoms with Crippen LogP contribution in [0.5, 0.6) is 0 Å². The molecule has 0 saturated carbocycles. The summed E-state index contributed by atoms with van der Waals surface area (Å²) < 4.78 is 24.4. The van der Waals surface area contributed by atoms with Crippen LogP contribution in [0.3, 0.4) is 0 Å². The Balaban J connectivity index is 0. The first-order chi connectivity index (χ1) is 5.34. The molecule has 0 radical (unpaired) electrons. The van der Waals surface area contributed by atoms with Crippen molar-refractivity contribution in [1.29, 1.82) is 0 Å². The number of alkyl halides is 2. The summed E-state index contributed by atoms with van der Waals surface area (Å²) in [6.45, 7) is 8.77. The van der Waals surface area contributed by atoms with Crippen molar-refractivity contribution in [3.63, 3.8) is 0 Å². The van der Waals surface area contributed by atoms with E-state index in [0.29, 0.717) is 6.92 Å². The number of rotatable bonds is 2. The minimum Gasteiger partial charge on any atom is -0.494 e. The summed E-state index contributed by atoms with van der Waals surface area (Å²) in [5.74, 6) is -3.58. The summed E-state index contributed by atoms with van der Waals surface area (Å²) in [5, 5.41) is 8.37. The minimum absolute atomic E-state index is 0.444. The molecule has 72 valence electrons. The number of nitrogens with zero attached hydrogens (tertiary/aromatic N) is 1. The summed E-state index contributed by atoms with van der Waals surface area (Å²) >= 11 is 0. The van der Waals surface area contributed by atoms with Crippen LogP contribution in [0.4, 0.5) is 8.78 Å². The number of hydrogen-bond acceptors (Lipinski definition) is 2. The molecular formula is C8H15F2NO. The van der Waals surface area contributed by atoms with E-state index >= 15 is 0 Å². The van der Waals surface area contributed by atoms with Gasteiger partial charge in [0.1, 0.15) is 0 Å². The van der Waals surface area contributed by atoms with Crippen molar-refractivity contribution >= 4 is 5.71 Å². The Morgan fingerprint density at radius 2 is 1.75 bits per heavy atom. The fourth-order valence-electron chi connectivity index (χ4n) is 0.292. The Bertz CT molecular complexity index is 170. The zero-order valence-electron chi connectivity index (χ0n) is 7.86. The number of hydrogen-bond donors (Lipinski definition) is 1. The van der Waals surface area contributed by atoms with Crippen LogP contribution in [0.2, 0.25) is 0 Å². The highest BCUT2D eigenvalue weighted by Gasteiger charge is 2.25. The highest BCUT2D eigenvalue weighted by Crippen LogP contribution is 2.14. The predicted octanol–water partition coefficient (Wildman–Crippen LogP) is 3.16. The molecular weight excluding hydrogens is 164 g/mol. The lowest BCUT2D eigenvalue weighted by Gasteiger charge is -2.07. The van der Waals surface area contributed by atoms with Gasteiger partial charge in [0.25, 0.3) is 5.92 Å². The third-order valence-electron chi connectivity index (χ3n) is 0.932. The average molecular weight is 179 g/mol. The average Bonchev–Trinajstić information content (AvgIpc) is 1.88. The van der Waals surface area contributed by atoms with Gasteiger partial charge in [0.05, 0.1) is 5.71 Å². The molecule has 0 spiro atoms. The second-order valence-electron chi connectivity index (χ2n) is 2.00.